The molecule has 0 aliphatic carbocycles. The van der Waals surface area contributed by atoms with Crippen molar-refractivity contribution < 1.29 is 23.7 Å². The zero-order chi connectivity index (χ0) is 13.4. The molecular formula is C13H18O5. The second-order valence-corrected chi connectivity index (χ2v) is 3.59. The normalized spacial score (nSPS) is 10.2. The lowest BCUT2D eigenvalue weighted by molar-refractivity contribution is -0.0292. The Labute approximate surface area is 107 Å². The van der Waals surface area contributed by atoms with Crippen LogP contribution in [0.2, 0.25) is 0 Å². The third-order valence-electron chi connectivity index (χ3n) is 2.48. The first-order valence-corrected chi connectivity index (χ1v) is 5.53. The smallest absolute Gasteiger partial charge is 0.153 e. The van der Waals surface area contributed by atoms with E-state index in [0.717, 1.165) is 11.8 Å². The Morgan fingerprint density at radius 2 is 1.83 bits per heavy atom. The molecule has 0 aromatic heterocycles. The van der Waals surface area contributed by atoms with Gasteiger partial charge in [-0.15, -0.1) is 0 Å². The molecule has 18 heavy (non-hydrogen) atoms. The van der Waals surface area contributed by atoms with Crippen molar-refractivity contribution in [2.24, 2.45) is 0 Å². The Bertz CT molecular complexity index is 389. The summed E-state index contributed by atoms with van der Waals surface area (Å²) in [6.07, 6.45) is 1.40. The van der Waals surface area contributed by atoms with E-state index in [2.05, 4.69) is 0 Å². The predicted octanol–water partition coefficient (Wildman–Crippen LogP) is 1.68. The van der Waals surface area contributed by atoms with E-state index >= 15 is 0 Å². The Kier molecular flexibility index (Phi) is 6.18. The summed E-state index contributed by atoms with van der Waals surface area (Å²) in [6, 6.07) is 3.45. The summed E-state index contributed by atoms with van der Waals surface area (Å²) in [7, 11) is 4.67. The summed E-state index contributed by atoms with van der Waals surface area (Å²) in [6.45, 7) is 0.764. The van der Waals surface area contributed by atoms with Crippen molar-refractivity contribution in [3.05, 3.63) is 23.3 Å². The molecule has 0 amide bonds. The molecule has 0 N–H and O–H groups in total. The highest BCUT2D eigenvalue weighted by atomic mass is 16.7. The van der Waals surface area contributed by atoms with Crippen molar-refractivity contribution in [1.82, 2.24) is 0 Å². The minimum absolute atomic E-state index is 0.256. The average molecular weight is 254 g/mol. The fourth-order valence-electron chi connectivity index (χ4n) is 1.60. The van der Waals surface area contributed by atoms with Gasteiger partial charge >= 0.3 is 0 Å². The number of methoxy groups -OCH3 is 3. The second-order valence-electron chi connectivity index (χ2n) is 3.59. The van der Waals surface area contributed by atoms with Crippen LogP contribution < -0.4 is 9.47 Å². The molecule has 0 aliphatic heterocycles. The van der Waals surface area contributed by atoms with Crippen molar-refractivity contribution in [3.8, 4) is 11.5 Å². The van der Waals surface area contributed by atoms with Gasteiger partial charge in [0.2, 0.25) is 0 Å². The van der Waals surface area contributed by atoms with Gasteiger partial charge in [-0.2, -0.15) is 0 Å². The first kappa shape index (κ1) is 14.5. The topological polar surface area (TPSA) is 54.0 Å². The molecular weight excluding hydrogens is 236 g/mol. The van der Waals surface area contributed by atoms with Crippen LogP contribution in [0.4, 0.5) is 0 Å². The number of ether oxygens (including phenoxy) is 4. The Balaban J connectivity index is 2.84. The molecule has 0 heterocycles. The molecule has 0 fully saturated rings. The summed E-state index contributed by atoms with van der Waals surface area (Å²) in [5.41, 5.74) is 1.40. The van der Waals surface area contributed by atoms with Crippen LogP contribution in [0.5, 0.6) is 11.5 Å². The van der Waals surface area contributed by atoms with Crippen LogP contribution in [-0.2, 0) is 15.9 Å². The molecule has 5 heteroatoms. The van der Waals surface area contributed by atoms with Crippen LogP contribution in [0.25, 0.3) is 0 Å². The van der Waals surface area contributed by atoms with Crippen LogP contribution in [0.15, 0.2) is 12.1 Å². The maximum Gasteiger partial charge on any atom is 0.153 e. The molecule has 0 atom stereocenters. The van der Waals surface area contributed by atoms with Gasteiger partial charge < -0.3 is 18.9 Å². The average Bonchev–Trinajstić information content (AvgIpc) is 2.42. The summed E-state index contributed by atoms with van der Waals surface area (Å²) in [5, 5.41) is 0. The van der Waals surface area contributed by atoms with Crippen LogP contribution in [0.1, 0.15) is 15.9 Å². The zero-order valence-electron chi connectivity index (χ0n) is 10.9. The lowest BCUT2D eigenvalue weighted by Crippen LogP contribution is -2.04. The number of hydrogen-bond acceptors (Lipinski definition) is 5. The van der Waals surface area contributed by atoms with Crippen LogP contribution in [0, 0.1) is 0 Å². The third-order valence-corrected chi connectivity index (χ3v) is 2.48. The molecule has 0 saturated carbocycles. The summed E-state index contributed by atoms with van der Waals surface area (Å²) in [4.78, 5) is 10.9. The van der Waals surface area contributed by atoms with Crippen LogP contribution in [0.3, 0.4) is 0 Å². The van der Waals surface area contributed by atoms with Crippen molar-refractivity contribution in [3.63, 3.8) is 0 Å². The highest BCUT2D eigenvalue weighted by molar-refractivity contribution is 5.80. The molecule has 0 bridgehead atoms. The van der Waals surface area contributed by atoms with E-state index < -0.39 is 0 Å². The van der Waals surface area contributed by atoms with Gasteiger partial charge in [-0.3, -0.25) is 4.79 Å². The molecule has 1 rings (SSSR count). The Morgan fingerprint density at radius 1 is 1.11 bits per heavy atom. The van der Waals surface area contributed by atoms with Gasteiger partial charge in [0.1, 0.15) is 18.3 Å². The van der Waals surface area contributed by atoms with Gasteiger partial charge in [-0.05, 0) is 18.6 Å². The molecule has 0 aliphatic rings. The van der Waals surface area contributed by atoms with Gasteiger partial charge in [0.25, 0.3) is 0 Å². The van der Waals surface area contributed by atoms with E-state index in [4.69, 9.17) is 18.9 Å². The van der Waals surface area contributed by atoms with E-state index in [0.29, 0.717) is 30.1 Å². The highest BCUT2D eigenvalue weighted by Crippen LogP contribution is 2.28. The summed E-state index contributed by atoms with van der Waals surface area (Å²) in [5.74, 6) is 1.19. The van der Waals surface area contributed by atoms with Crippen molar-refractivity contribution >= 4 is 6.29 Å². The van der Waals surface area contributed by atoms with Gasteiger partial charge in [0.15, 0.2) is 6.29 Å². The van der Waals surface area contributed by atoms with E-state index in [9.17, 15) is 4.79 Å². The quantitative estimate of drug-likeness (QED) is 0.401. The van der Waals surface area contributed by atoms with Gasteiger partial charge in [-0.1, -0.05) is 0 Å². The van der Waals surface area contributed by atoms with E-state index in [1.165, 1.54) is 7.11 Å². The standard InChI is InChI=1S/C13H18O5/c1-15-9-18-5-4-10-6-13(17-3)11(8-14)7-12(10)16-2/h6-8H,4-5,9H2,1-3H3. The minimum atomic E-state index is 0.256. The molecule has 100 valence electrons. The molecule has 1 aromatic carbocycles. The number of carbonyl (C=O) groups excluding carboxylic acids is 1. The van der Waals surface area contributed by atoms with Crippen molar-refractivity contribution in [1.29, 1.82) is 0 Å². The number of carbonyl (C=O) groups is 1. The molecule has 0 unspecified atom stereocenters. The van der Waals surface area contributed by atoms with Gasteiger partial charge in [0.05, 0.1) is 26.4 Å². The van der Waals surface area contributed by atoms with Crippen molar-refractivity contribution in [2.45, 2.75) is 6.42 Å². The number of hydrogen-bond donors (Lipinski definition) is 0. The Morgan fingerprint density at radius 3 is 2.39 bits per heavy atom. The maximum absolute atomic E-state index is 10.9. The number of benzene rings is 1. The summed E-state index contributed by atoms with van der Waals surface area (Å²) < 4.78 is 20.4. The van der Waals surface area contributed by atoms with E-state index in [-0.39, 0.29) is 6.79 Å². The molecule has 0 saturated heterocycles. The molecule has 0 radical (unpaired) electrons. The minimum Gasteiger partial charge on any atom is -0.496 e. The second kappa shape index (κ2) is 7.68. The number of aldehydes is 1. The largest absolute Gasteiger partial charge is 0.496 e. The predicted molar refractivity (Wildman–Crippen MR) is 66.5 cm³/mol. The highest BCUT2D eigenvalue weighted by Gasteiger charge is 2.10. The van der Waals surface area contributed by atoms with Gasteiger partial charge in [-0.25, -0.2) is 0 Å². The number of rotatable bonds is 8. The van der Waals surface area contributed by atoms with Crippen LogP contribution in [-0.4, -0.2) is 41.0 Å². The first-order chi connectivity index (χ1) is 8.76. The first-order valence-electron chi connectivity index (χ1n) is 5.53. The lowest BCUT2D eigenvalue weighted by atomic mass is 10.1. The van der Waals surface area contributed by atoms with E-state index in [1.54, 1.807) is 26.4 Å². The van der Waals surface area contributed by atoms with E-state index in [1.807, 2.05) is 0 Å². The lowest BCUT2D eigenvalue weighted by Gasteiger charge is -2.12. The SMILES string of the molecule is COCOCCc1cc(OC)c(C=O)cc1OC. The zero-order valence-corrected chi connectivity index (χ0v) is 10.9. The van der Waals surface area contributed by atoms with Gasteiger partial charge in [0, 0.05) is 12.7 Å². The fraction of sp³-hybridized carbons (Fsp3) is 0.462. The molecule has 5 nitrogen and oxygen atoms in total. The molecule has 1 aromatic rings. The summed E-state index contributed by atoms with van der Waals surface area (Å²) >= 11 is 0. The van der Waals surface area contributed by atoms with Crippen LogP contribution >= 0.6 is 0 Å². The third kappa shape index (κ3) is 3.72. The Hall–Kier alpha value is -1.59. The maximum atomic E-state index is 10.9. The monoisotopic (exact) mass is 254 g/mol. The molecule has 0 spiro atoms. The fourth-order valence-corrected chi connectivity index (χ4v) is 1.60. The van der Waals surface area contributed by atoms with Crippen molar-refractivity contribution in [2.75, 3.05) is 34.7 Å².